The summed E-state index contributed by atoms with van der Waals surface area (Å²) in [6.07, 6.45) is 10.3. The number of β-amino-alcohol motifs (C(OH)–C–C–N with tert-alkyl or cyclic N) is 1. The summed E-state index contributed by atoms with van der Waals surface area (Å²) in [6, 6.07) is 0. The minimum atomic E-state index is -1.43. The molecule has 1 aliphatic heterocycles. The van der Waals surface area contributed by atoms with Crippen LogP contribution in [0.2, 0.25) is 0 Å². The normalized spacial score (nSPS) is 26.1. The van der Waals surface area contributed by atoms with Gasteiger partial charge in [-0.25, -0.2) is 0 Å². The van der Waals surface area contributed by atoms with Crippen LogP contribution in [0.1, 0.15) is 58.3 Å². The Morgan fingerprint density at radius 3 is 2.91 bits per heavy atom. The number of carbonyl (C=O) groups excluding carboxylic acids is 2. The maximum atomic E-state index is 12.3. The molecule has 2 aliphatic rings. The van der Waals surface area contributed by atoms with E-state index in [4.69, 9.17) is 0 Å². The van der Waals surface area contributed by atoms with Crippen LogP contribution < -0.4 is 5.32 Å². The molecule has 2 amide bonds. The van der Waals surface area contributed by atoms with Gasteiger partial charge in [-0.3, -0.25) is 9.59 Å². The molecule has 1 fully saturated rings. The Labute approximate surface area is 132 Å². The van der Waals surface area contributed by atoms with Crippen LogP contribution in [0.25, 0.3) is 0 Å². The summed E-state index contributed by atoms with van der Waals surface area (Å²) in [7, 11) is 0. The number of likely N-dealkylation sites (tertiary alicyclic amines) is 1. The molecule has 5 nitrogen and oxygen atoms in total. The number of allylic oxidation sites excluding steroid dienone is 1. The molecular formula is C17H28N2O3. The quantitative estimate of drug-likeness (QED) is 0.778. The lowest BCUT2D eigenvalue weighted by atomic mass is 9.91. The van der Waals surface area contributed by atoms with Gasteiger partial charge in [-0.15, -0.1) is 0 Å². The van der Waals surface area contributed by atoms with Crippen LogP contribution in [0, 0.1) is 0 Å². The Balaban J connectivity index is 1.80. The smallest absolute Gasteiger partial charge is 0.253 e. The Bertz CT molecular complexity index is 447. The predicted octanol–water partition coefficient (Wildman–Crippen LogP) is 1.76. The van der Waals surface area contributed by atoms with Crippen molar-refractivity contribution in [1.82, 2.24) is 10.2 Å². The van der Waals surface area contributed by atoms with Crippen molar-refractivity contribution in [3.63, 3.8) is 0 Å². The molecule has 2 N–H and O–H groups in total. The van der Waals surface area contributed by atoms with Gasteiger partial charge in [0.15, 0.2) is 5.60 Å². The lowest BCUT2D eigenvalue weighted by molar-refractivity contribution is -0.150. The van der Waals surface area contributed by atoms with E-state index in [-0.39, 0.29) is 18.4 Å². The van der Waals surface area contributed by atoms with Gasteiger partial charge in [-0.1, -0.05) is 18.1 Å². The molecule has 0 spiro atoms. The number of hydrogen-bond donors (Lipinski definition) is 2. The van der Waals surface area contributed by atoms with E-state index in [1.54, 1.807) is 4.90 Å². The largest absolute Gasteiger partial charge is 0.378 e. The van der Waals surface area contributed by atoms with Gasteiger partial charge in [0.1, 0.15) is 0 Å². The zero-order valence-electron chi connectivity index (χ0n) is 13.6. The monoisotopic (exact) mass is 308 g/mol. The van der Waals surface area contributed by atoms with Crippen LogP contribution in [0.4, 0.5) is 0 Å². The number of carbonyl (C=O) groups is 2. The van der Waals surface area contributed by atoms with Crippen LogP contribution in [-0.2, 0) is 9.59 Å². The van der Waals surface area contributed by atoms with Gasteiger partial charge in [0.2, 0.25) is 5.91 Å². The lowest BCUT2D eigenvalue weighted by Crippen LogP contribution is -2.58. The average molecular weight is 308 g/mol. The Kier molecular flexibility index (Phi) is 6.00. The molecule has 5 heteroatoms. The minimum Gasteiger partial charge on any atom is -0.378 e. The molecule has 0 aromatic rings. The fourth-order valence-electron chi connectivity index (χ4n) is 3.30. The second kappa shape index (κ2) is 7.77. The summed E-state index contributed by atoms with van der Waals surface area (Å²) in [6.45, 7) is 2.77. The van der Waals surface area contributed by atoms with Gasteiger partial charge in [-0.05, 0) is 44.9 Å². The number of piperidine rings is 1. The van der Waals surface area contributed by atoms with Crippen LogP contribution in [0.5, 0.6) is 0 Å². The van der Waals surface area contributed by atoms with Gasteiger partial charge in [0.25, 0.3) is 5.91 Å². The van der Waals surface area contributed by atoms with Crippen molar-refractivity contribution >= 4 is 11.8 Å². The first-order valence-corrected chi connectivity index (χ1v) is 8.45. The second-order valence-electron chi connectivity index (χ2n) is 6.54. The van der Waals surface area contributed by atoms with E-state index in [1.807, 2.05) is 0 Å². The predicted molar refractivity (Wildman–Crippen MR) is 85.2 cm³/mol. The number of rotatable bonds is 4. The highest BCUT2D eigenvalue weighted by Crippen LogP contribution is 2.22. The molecule has 1 saturated heterocycles. The third kappa shape index (κ3) is 4.57. The molecule has 1 heterocycles. The third-order valence-corrected chi connectivity index (χ3v) is 4.71. The van der Waals surface area contributed by atoms with E-state index in [0.29, 0.717) is 25.9 Å². The van der Waals surface area contributed by atoms with E-state index >= 15 is 0 Å². The fraction of sp³-hybridized carbons (Fsp3) is 0.765. The number of nitrogens with one attached hydrogen (secondary N) is 1. The second-order valence-corrected chi connectivity index (χ2v) is 6.54. The topological polar surface area (TPSA) is 69.6 Å². The Hall–Kier alpha value is -1.36. The van der Waals surface area contributed by atoms with Crippen LogP contribution in [0.3, 0.4) is 0 Å². The third-order valence-electron chi connectivity index (χ3n) is 4.71. The Morgan fingerprint density at radius 2 is 2.14 bits per heavy atom. The number of amides is 2. The first-order valence-electron chi connectivity index (χ1n) is 8.45. The van der Waals surface area contributed by atoms with E-state index < -0.39 is 5.60 Å². The van der Waals surface area contributed by atoms with Gasteiger partial charge in [-0.2, -0.15) is 0 Å². The van der Waals surface area contributed by atoms with Crippen molar-refractivity contribution in [3.8, 4) is 0 Å². The molecule has 0 saturated carbocycles. The summed E-state index contributed by atoms with van der Waals surface area (Å²) in [4.78, 5) is 25.3. The maximum absolute atomic E-state index is 12.3. The van der Waals surface area contributed by atoms with E-state index in [0.717, 1.165) is 19.3 Å². The summed E-state index contributed by atoms with van der Waals surface area (Å²) >= 11 is 0. The minimum absolute atomic E-state index is 0.0884. The molecule has 124 valence electrons. The van der Waals surface area contributed by atoms with Crippen molar-refractivity contribution < 1.29 is 14.7 Å². The van der Waals surface area contributed by atoms with Gasteiger partial charge in [0.05, 0.1) is 6.54 Å². The van der Waals surface area contributed by atoms with Gasteiger partial charge >= 0.3 is 0 Å². The van der Waals surface area contributed by atoms with Crippen molar-refractivity contribution in [2.45, 2.75) is 63.9 Å². The SMILES string of the molecule is CC(=O)N1CCC[C@](O)(C(=O)NCCC2=CCCCCC2)C1. The molecular weight excluding hydrogens is 280 g/mol. The summed E-state index contributed by atoms with van der Waals surface area (Å²) in [5, 5.41) is 13.4. The molecule has 2 rings (SSSR count). The van der Waals surface area contributed by atoms with E-state index in [9.17, 15) is 14.7 Å². The first-order chi connectivity index (χ1) is 10.5. The van der Waals surface area contributed by atoms with Crippen LogP contribution in [0.15, 0.2) is 11.6 Å². The molecule has 0 aromatic heterocycles. The summed E-state index contributed by atoms with van der Waals surface area (Å²) < 4.78 is 0. The van der Waals surface area contributed by atoms with Crippen LogP contribution >= 0.6 is 0 Å². The fourth-order valence-corrected chi connectivity index (χ4v) is 3.30. The van der Waals surface area contributed by atoms with Crippen molar-refractivity contribution in [2.24, 2.45) is 0 Å². The molecule has 0 bridgehead atoms. The molecule has 22 heavy (non-hydrogen) atoms. The number of hydrogen-bond acceptors (Lipinski definition) is 3. The molecule has 1 atom stereocenters. The van der Waals surface area contributed by atoms with Crippen molar-refractivity contribution in [3.05, 3.63) is 11.6 Å². The zero-order chi connectivity index (χ0) is 16.0. The molecule has 0 aromatic carbocycles. The standard InChI is InChI=1S/C17H28N2O3/c1-14(20)19-12-6-10-17(22,13-19)16(21)18-11-9-15-7-4-2-3-5-8-15/h7,22H,2-6,8-13H2,1H3,(H,18,21)/t17-/m1/s1. The summed E-state index contributed by atoms with van der Waals surface area (Å²) in [5.41, 5.74) is -0.0133. The van der Waals surface area contributed by atoms with E-state index in [2.05, 4.69) is 11.4 Å². The average Bonchev–Trinajstić information content (AvgIpc) is 2.76. The molecule has 1 aliphatic carbocycles. The van der Waals surface area contributed by atoms with Crippen molar-refractivity contribution in [1.29, 1.82) is 0 Å². The highest BCUT2D eigenvalue weighted by molar-refractivity contribution is 5.86. The van der Waals surface area contributed by atoms with Gasteiger partial charge < -0.3 is 15.3 Å². The van der Waals surface area contributed by atoms with Crippen molar-refractivity contribution in [2.75, 3.05) is 19.6 Å². The lowest BCUT2D eigenvalue weighted by Gasteiger charge is -2.37. The number of aliphatic hydroxyl groups is 1. The Morgan fingerprint density at radius 1 is 1.32 bits per heavy atom. The van der Waals surface area contributed by atoms with Crippen LogP contribution in [-0.4, -0.2) is 47.1 Å². The number of nitrogens with zero attached hydrogens (tertiary/aromatic N) is 1. The summed E-state index contributed by atoms with van der Waals surface area (Å²) in [5.74, 6) is -0.429. The highest BCUT2D eigenvalue weighted by atomic mass is 16.3. The molecule has 0 radical (unpaired) electrons. The van der Waals surface area contributed by atoms with Gasteiger partial charge in [0, 0.05) is 20.0 Å². The maximum Gasteiger partial charge on any atom is 0.253 e. The molecule has 0 unspecified atom stereocenters. The van der Waals surface area contributed by atoms with E-state index in [1.165, 1.54) is 31.8 Å². The zero-order valence-corrected chi connectivity index (χ0v) is 13.6. The highest BCUT2D eigenvalue weighted by Gasteiger charge is 2.40. The first kappa shape index (κ1) is 17.0.